The van der Waals surface area contributed by atoms with E-state index in [9.17, 15) is 15.0 Å². The summed E-state index contributed by atoms with van der Waals surface area (Å²) in [6.07, 6.45) is 9.86. The Kier molecular flexibility index (Phi) is 3.32. The van der Waals surface area contributed by atoms with Gasteiger partial charge in [-0.2, -0.15) is 0 Å². The van der Waals surface area contributed by atoms with Crippen LogP contribution >= 0.6 is 0 Å². The molecule has 0 aromatic heterocycles. The minimum atomic E-state index is -0.140. The molecule has 3 nitrogen and oxygen atoms in total. The van der Waals surface area contributed by atoms with Crippen LogP contribution in [-0.4, -0.2) is 22.1 Å². The lowest BCUT2D eigenvalue weighted by Gasteiger charge is -2.57. The molecule has 0 aromatic carbocycles. The number of rotatable bonds is 0. The summed E-state index contributed by atoms with van der Waals surface area (Å²) in [4.78, 5) is 12.1. The van der Waals surface area contributed by atoms with Gasteiger partial charge in [-0.3, -0.25) is 4.79 Å². The van der Waals surface area contributed by atoms with Gasteiger partial charge < -0.3 is 10.2 Å². The second-order valence-corrected chi connectivity index (χ2v) is 8.84. The summed E-state index contributed by atoms with van der Waals surface area (Å²) in [5, 5.41) is 19.9. The summed E-state index contributed by atoms with van der Waals surface area (Å²) in [7, 11) is 0. The molecule has 0 amide bonds. The monoisotopic (exact) mass is 316 g/mol. The molecule has 4 rings (SSSR count). The van der Waals surface area contributed by atoms with Crippen molar-refractivity contribution in [3.8, 4) is 0 Å². The summed E-state index contributed by atoms with van der Waals surface area (Å²) in [5.74, 6) is 1.85. The summed E-state index contributed by atoms with van der Waals surface area (Å²) >= 11 is 0. The molecule has 4 aliphatic carbocycles. The Morgan fingerprint density at radius 1 is 1.17 bits per heavy atom. The maximum absolute atomic E-state index is 12.1. The van der Waals surface area contributed by atoms with Gasteiger partial charge in [-0.25, -0.2) is 0 Å². The average Bonchev–Trinajstić information content (AvgIpc) is 2.83. The maximum atomic E-state index is 12.1. The number of allylic oxidation sites excluding steroid dienone is 2. The predicted octanol–water partition coefficient (Wildman–Crippen LogP) is 3.93. The number of hydrogen-bond donors (Lipinski definition) is 2. The molecular formula is C20H28O3. The Morgan fingerprint density at radius 3 is 2.70 bits per heavy atom. The van der Waals surface area contributed by atoms with Crippen LogP contribution in [0.2, 0.25) is 0 Å². The highest BCUT2D eigenvalue weighted by atomic mass is 16.3. The van der Waals surface area contributed by atoms with Crippen molar-refractivity contribution >= 4 is 5.78 Å². The minimum Gasteiger partial charge on any atom is -0.515 e. The summed E-state index contributed by atoms with van der Waals surface area (Å²) in [6.45, 7) is 4.60. The third kappa shape index (κ3) is 1.95. The van der Waals surface area contributed by atoms with Crippen LogP contribution < -0.4 is 0 Å². The zero-order valence-corrected chi connectivity index (χ0v) is 14.2. The van der Waals surface area contributed by atoms with Crippen LogP contribution in [0.4, 0.5) is 0 Å². The summed E-state index contributed by atoms with van der Waals surface area (Å²) in [6, 6.07) is 0. The normalized spacial score (nSPS) is 51.0. The molecule has 0 unspecified atom stereocenters. The first-order valence-electron chi connectivity index (χ1n) is 9.17. The van der Waals surface area contributed by atoms with E-state index in [1.165, 1.54) is 5.57 Å². The fourth-order valence-corrected chi connectivity index (χ4v) is 6.62. The quantitative estimate of drug-likeness (QED) is 0.526. The molecular weight excluding hydrogens is 288 g/mol. The van der Waals surface area contributed by atoms with Crippen LogP contribution in [-0.2, 0) is 4.79 Å². The molecule has 0 spiro atoms. The molecule has 0 saturated heterocycles. The van der Waals surface area contributed by atoms with Gasteiger partial charge in [0.1, 0.15) is 0 Å². The molecule has 4 aliphatic rings. The molecule has 0 bridgehead atoms. The smallest absolute Gasteiger partial charge is 0.184 e. The van der Waals surface area contributed by atoms with Crippen molar-refractivity contribution in [1.29, 1.82) is 0 Å². The Bertz CT molecular complexity index is 604. The Labute approximate surface area is 138 Å². The van der Waals surface area contributed by atoms with Crippen molar-refractivity contribution in [2.75, 3.05) is 0 Å². The van der Waals surface area contributed by atoms with Crippen molar-refractivity contribution in [3.63, 3.8) is 0 Å². The number of carbonyl (C=O) groups excluding carboxylic acids is 1. The predicted molar refractivity (Wildman–Crippen MR) is 88.8 cm³/mol. The Balaban J connectivity index is 1.71. The van der Waals surface area contributed by atoms with Gasteiger partial charge in [0.05, 0.1) is 12.4 Å². The zero-order chi connectivity index (χ0) is 16.4. The van der Waals surface area contributed by atoms with Gasteiger partial charge in [-0.15, -0.1) is 0 Å². The van der Waals surface area contributed by atoms with E-state index < -0.39 is 0 Å². The first kappa shape index (κ1) is 15.4. The van der Waals surface area contributed by atoms with E-state index in [0.717, 1.165) is 44.8 Å². The van der Waals surface area contributed by atoms with Crippen molar-refractivity contribution in [3.05, 3.63) is 23.5 Å². The second kappa shape index (κ2) is 4.95. The lowest BCUT2D eigenvalue weighted by molar-refractivity contribution is -0.113. The van der Waals surface area contributed by atoms with Gasteiger partial charge in [0.25, 0.3) is 0 Å². The van der Waals surface area contributed by atoms with E-state index in [1.807, 2.05) is 0 Å². The summed E-state index contributed by atoms with van der Waals surface area (Å²) in [5.41, 5.74) is 1.98. The average molecular weight is 316 g/mol. The molecule has 0 heterocycles. The van der Waals surface area contributed by atoms with E-state index in [2.05, 4.69) is 13.8 Å². The fourth-order valence-electron chi connectivity index (χ4n) is 6.62. The maximum Gasteiger partial charge on any atom is 0.184 e. The standard InChI is InChI=1S/C20H28O3/c1-19-8-7-16-14(15(19)5-6-18(19)23)4-3-13-9-17(22)12(11-21)10-20(13,16)2/h9,11,14-16,18,21,23H,3-8,10H2,1-2H3/t14-,15-,16-,18-,19+,20+/m1/s1. The van der Waals surface area contributed by atoms with Crippen LogP contribution in [0.5, 0.6) is 0 Å². The molecule has 0 aliphatic heterocycles. The van der Waals surface area contributed by atoms with Gasteiger partial charge in [0.15, 0.2) is 5.78 Å². The van der Waals surface area contributed by atoms with E-state index in [4.69, 9.17) is 0 Å². The molecule has 23 heavy (non-hydrogen) atoms. The Hall–Kier alpha value is -1.09. The molecule has 3 saturated carbocycles. The van der Waals surface area contributed by atoms with Gasteiger partial charge >= 0.3 is 0 Å². The van der Waals surface area contributed by atoms with Crippen LogP contribution in [0, 0.1) is 28.6 Å². The molecule has 126 valence electrons. The molecule has 0 aromatic rings. The number of aliphatic hydroxyl groups excluding tert-OH is 2. The van der Waals surface area contributed by atoms with Crippen LogP contribution in [0.15, 0.2) is 23.5 Å². The zero-order valence-electron chi connectivity index (χ0n) is 14.2. The number of fused-ring (bicyclic) bond motifs is 5. The van der Waals surface area contributed by atoms with Gasteiger partial charge in [0.2, 0.25) is 0 Å². The van der Waals surface area contributed by atoms with Crippen LogP contribution in [0.3, 0.4) is 0 Å². The van der Waals surface area contributed by atoms with Crippen LogP contribution in [0.1, 0.15) is 58.8 Å². The molecule has 6 atom stereocenters. The molecule has 2 N–H and O–H groups in total. The van der Waals surface area contributed by atoms with Gasteiger partial charge in [-0.05, 0) is 79.6 Å². The third-order valence-electron chi connectivity index (χ3n) is 8.02. The summed E-state index contributed by atoms with van der Waals surface area (Å²) < 4.78 is 0. The highest BCUT2D eigenvalue weighted by Gasteiger charge is 2.59. The van der Waals surface area contributed by atoms with E-state index in [1.54, 1.807) is 6.08 Å². The molecule has 0 radical (unpaired) electrons. The van der Waals surface area contributed by atoms with E-state index in [0.29, 0.717) is 29.7 Å². The van der Waals surface area contributed by atoms with Gasteiger partial charge in [-0.1, -0.05) is 19.4 Å². The number of hydrogen-bond acceptors (Lipinski definition) is 3. The van der Waals surface area contributed by atoms with Crippen molar-refractivity contribution < 1.29 is 15.0 Å². The number of ketones is 1. The van der Waals surface area contributed by atoms with Crippen molar-refractivity contribution in [2.24, 2.45) is 28.6 Å². The number of aliphatic hydroxyl groups is 2. The lowest BCUT2D eigenvalue weighted by atomic mass is 9.47. The first-order valence-corrected chi connectivity index (χ1v) is 9.17. The highest BCUT2D eigenvalue weighted by molar-refractivity contribution is 6.05. The van der Waals surface area contributed by atoms with Gasteiger partial charge in [0, 0.05) is 5.57 Å². The van der Waals surface area contributed by atoms with E-state index in [-0.39, 0.29) is 22.7 Å². The fraction of sp³-hybridized carbons (Fsp3) is 0.750. The second-order valence-electron chi connectivity index (χ2n) is 8.84. The third-order valence-corrected chi connectivity index (χ3v) is 8.02. The lowest BCUT2D eigenvalue weighted by Crippen LogP contribution is -2.51. The van der Waals surface area contributed by atoms with E-state index >= 15 is 0 Å². The van der Waals surface area contributed by atoms with Crippen molar-refractivity contribution in [1.82, 2.24) is 0 Å². The van der Waals surface area contributed by atoms with Crippen molar-refractivity contribution in [2.45, 2.75) is 64.9 Å². The topological polar surface area (TPSA) is 57.5 Å². The molecule has 3 fully saturated rings. The van der Waals surface area contributed by atoms with Crippen LogP contribution in [0.25, 0.3) is 0 Å². The largest absolute Gasteiger partial charge is 0.515 e. The Morgan fingerprint density at radius 2 is 1.96 bits per heavy atom. The first-order chi connectivity index (χ1) is 10.9. The SMILES string of the molecule is C[C@]12CC[C@@H]3[C@H](CCC4=CC(=O)C(=CO)C[C@@]43C)[C@H]1CC[C@H]2O. The molecule has 3 heteroatoms. The number of carbonyl (C=O) groups is 1. The minimum absolute atomic E-state index is 0.00430. The highest BCUT2D eigenvalue weighted by Crippen LogP contribution is 2.65.